The van der Waals surface area contributed by atoms with Gasteiger partial charge in [-0.15, -0.1) is 11.8 Å². The van der Waals surface area contributed by atoms with Crippen LogP contribution in [0.2, 0.25) is 0 Å². The number of aromatic nitrogens is 1. The fourth-order valence-electron chi connectivity index (χ4n) is 1.52. The molecule has 1 heterocycles. The van der Waals surface area contributed by atoms with Crippen LogP contribution in [0.1, 0.15) is 0 Å². The lowest BCUT2D eigenvalue weighted by Gasteiger charge is -2.09. The molecule has 0 spiro atoms. The van der Waals surface area contributed by atoms with Gasteiger partial charge in [-0.05, 0) is 24.3 Å². The van der Waals surface area contributed by atoms with E-state index in [1.165, 1.54) is 11.8 Å². The Kier molecular flexibility index (Phi) is 3.83. The summed E-state index contributed by atoms with van der Waals surface area (Å²) in [5.74, 6) is 0.437. The summed E-state index contributed by atoms with van der Waals surface area (Å²) in [6.45, 7) is -0.229. The molecule has 0 radical (unpaired) electrons. The molecule has 90 valence electrons. The van der Waals surface area contributed by atoms with E-state index in [0.717, 1.165) is 15.8 Å². The second kappa shape index (κ2) is 5.35. The van der Waals surface area contributed by atoms with Crippen molar-refractivity contribution in [1.29, 1.82) is 0 Å². The second-order valence-electron chi connectivity index (χ2n) is 3.70. The molecule has 4 N–H and O–H groups in total. The zero-order valence-corrected chi connectivity index (χ0v) is 10.0. The van der Waals surface area contributed by atoms with Gasteiger partial charge in [0.25, 0.3) is 0 Å². The topological polar surface area (TPSA) is 79.4 Å². The number of thioether (sulfide) groups is 1. The van der Waals surface area contributed by atoms with Crippen LogP contribution >= 0.6 is 11.8 Å². The van der Waals surface area contributed by atoms with Gasteiger partial charge in [0.1, 0.15) is 0 Å². The average molecular weight is 250 g/mol. The molecule has 0 bridgehead atoms. The number of anilines is 1. The lowest BCUT2D eigenvalue weighted by atomic mass is 10.2. The molecule has 0 fully saturated rings. The molecule has 1 aromatic carbocycles. The van der Waals surface area contributed by atoms with Crippen LogP contribution in [0, 0.1) is 0 Å². The maximum Gasteiger partial charge on any atom is 0.0864 e. The Morgan fingerprint density at radius 1 is 1.35 bits per heavy atom. The lowest BCUT2D eigenvalue weighted by Crippen LogP contribution is -2.14. The first-order chi connectivity index (χ1) is 8.22. The summed E-state index contributed by atoms with van der Waals surface area (Å²) in [5.41, 5.74) is 7.40. The number of hydrogen-bond donors (Lipinski definition) is 3. The molecule has 0 saturated carbocycles. The average Bonchev–Trinajstić information content (AvgIpc) is 2.38. The van der Waals surface area contributed by atoms with Crippen molar-refractivity contribution >= 4 is 28.4 Å². The number of nitrogens with zero attached hydrogens (tertiary/aromatic N) is 1. The minimum atomic E-state index is -0.712. The Morgan fingerprint density at radius 3 is 2.94 bits per heavy atom. The Hall–Kier alpha value is -1.30. The molecule has 1 unspecified atom stereocenters. The molecule has 0 aliphatic carbocycles. The van der Waals surface area contributed by atoms with E-state index in [9.17, 15) is 5.11 Å². The van der Waals surface area contributed by atoms with Gasteiger partial charge in [-0.25, -0.2) is 0 Å². The van der Waals surface area contributed by atoms with Gasteiger partial charge in [-0.1, -0.05) is 0 Å². The predicted molar refractivity (Wildman–Crippen MR) is 70.0 cm³/mol. The number of hydrogen-bond acceptors (Lipinski definition) is 5. The first kappa shape index (κ1) is 12.2. The number of nitrogens with two attached hydrogens (primary N) is 1. The van der Waals surface area contributed by atoms with E-state index in [2.05, 4.69) is 4.98 Å². The molecule has 0 saturated heterocycles. The SMILES string of the molecule is Nc1ccc(SCC(O)CO)c2ncccc12. The Bertz CT molecular complexity index is 519. The van der Waals surface area contributed by atoms with E-state index in [1.54, 1.807) is 6.20 Å². The van der Waals surface area contributed by atoms with Gasteiger partial charge in [0, 0.05) is 27.9 Å². The second-order valence-corrected chi connectivity index (χ2v) is 4.76. The summed E-state index contributed by atoms with van der Waals surface area (Å²) in [5, 5.41) is 19.0. The van der Waals surface area contributed by atoms with Crippen molar-refractivity contribution in [2.75, 3.05) is 18.1 Å². The van der Waals surface area contributed by atoms with Crippen LogP contribution in [0.15, 0.2) is 35.4 Å². The van der Waals surface area contributed by atoms with Gasteiger partial charge >= 0.3 is 0 Å². The third-order valence-electron chi connectivity index (χ3n) is 2.41. The molecule has 0 amide bonds. The van der Waals surface area contributed by atoms with Crippen molar-refractivity contribution in [2.45, 2.75) is 11.0 Å². The van der Waals surface area contributed by atoms with Crippen LogP contribution in [0.5, 0.6) is 0 Å². The smallest absolute Gasteiger partial charge is 0.0864 e. The van der Waals surface area contributed by atoms with Gasteiger partial charge in [0.05, 0.1) is 18.2 Å². The summed E-state index contributed by atoms with van der Waals surface area (Å²) in [7, 11) is 0. The van der Waals surface area contributed by atoms with Gasteiger partial charge < -0.3 is 15.9 Å². The molecule has 17 heavy (non-hydrogen) atoms. The van der Waals surface area contributed by atoms with Crippen molar-refractivity contribution in [3.05, 3.63) is 30.5 Å². The number of fused-ring (bicyclic) bond motifs is 1. The van der Waals surface area contributed by atoms with Gasteiger partial charge in [0.2, 0.25) is 0 Å². The summed E-state index contributed by atoms with van der Waals surface area (Å²) in [6.07, 6.45) is 1.00. The third kappa shape index (κ3) is 2.69. The molecule has 5 heteroatoms. The first-order valence-corrected chi connectivity index (χ1v) is 6.26. The molecular weight excluding hydrogens is 236 g/mol. The Balaban J connectivity index is 2.32. The van der Waals surface area contributed by atoms with Crippen LogP contribution in [0.25, 0.3) is 10.9 Å². The molecule has 2 aromatic rings. The number of benzene rings is 1. The largest absolute Gasteiger partial charge is 0.398 e. The molecule has 0 aliphatic rings. The predicted octanol–water partition coefficient (Wildman–Crippen LogP) is 1.26. The van der Waals surface area contributed by atoms with E-state index in [1.807, 2.05) is 24.3 Å². The molecule has 4 nitrogen and oxygen atoms in total. The number of pyridine rings is 1. The van der Waals surface area contributed by atoms with Crippen molar-refractivity contribution in [3.8, 4) is 0 Å². The fraction of sp³-hybridized carbons (Fsp3) is 0.250. The van der Waals surface area contributed by atoms with Gasteiger partial charge in [-0.2, -0.15) is 0 Å². The zero-order valence-electron chi connectivity index (χ0n) is 9.21. The van der Waals surface area contributed by atoms with Crippen LogP contribution in [-0.2, 0) is 0 Å². The number of aliphatic hydroxyl groups excluding tert-OH is 2. The summed E-state index contributed by atoms with van der Waals surface area (Å²) < 4.78 is 0. The lowest BCUT2D eigenvalue weighted by molar-refractivity contribution is 0.113. The van der Waals surface area contributed by atoms with Crippen molar-refractivity contribution in [1.82, 2.24) is 4.98 Å². The van der Waals surface area contributed by atoms with Crippen LogP contribution < -0.4 is 5.73 Å². The van der Waals surface area contributed by atoms with E-state index >= 15 is 0 Å². The van der Waals surface area contributed by atoms with E-state index in [-0.39, 0.29) is 6.61 Å². The summed E-state index contributed by atoms with van der Waals surface area (Å²) in [4.78, 5) is 5.26. The van der Waals surface area contributed by atoms with Crippen LogP contribution in [0.3, 0.4) is 0 Å². The normalized spacial score (nSPS) is 12.8. The summed E-state index contributed by atoms with van der Waals surface area (Å²) >= 11 is 1.46. The zero-order chi connectivity index (χ0) is 12.3. The van der Waals surface area contributed by atoms with E-state index in [0.29, 0.717) is 11.4 Å². The van der Waals surface area contributed by atoms with Crippen molar-refractivity contribution in [3.63, 3.8) is 0 Å². The minimum Gasteiger partial charge on any atom is -0.398 e. The van der Waals surface area contributed by atoms with E-state index in [4.69, 9.17) is 10.8 Å². The molecule has 2 rings (SSSR count). The highest BCUT2D eigenvalue weighted by Crippen LogP contribution is 2.30. The maximum atomic E-state index is 9.33. The summed E-state index contributed by atoms with van der Waals surface area (Å²) in [6, 6.07) is 7.48. The molecule has 1 aromatic heterocycles. The van der Waals surface area contributed by atoms with Crippen LogP contribution in [0.4, 0.5) is 5.69 Å². The minimum absolute atomic E-state index is 0.229. The van der Waals surface area contributed by atoms with Crippen LogP contribution in [-0.4, -0.2) is 33.7 Å². The number of aliphatic hydroxyl groups is 2. The number of nitrogen functional groups attached to an aromatic ring is 1. The van der Waals surface area contributed by atoms with Gasteiger partial charge in [0.15, 0.2) is 0 Å². The third-order valence-corrected chi connectivity index (χ3v) is 3.60. The standard InChI is InChI=1S/C12H14N2O2S/c13-10-3-4-11(17-7-8(16)6-15)12-9(10)2-1-5-14-12/h1-5,8,15-16H,6-7,13H2. The quantitative estimate of drug-likeness (QED) is 0.562. The highest BCUT2D eigenvalue weighted by Gasteiger charge is 2.08. The Morgan fingerprint density at radius 2 is 2.18 bits per heavy atom. The van der Waals surface area contributed by atoms with Crippen molar-refractivity contribution < 1.29 is 10.2 Å². The van der Waals surface area contributed by atoms with Crippen molar-refractivity contribution in [2.24, 2.45) is 0 Å². The van der Waals surface area contributed by atoms with Gasteiger partial charge in [-0.3, -0.25) is 4.98 Å². The fourth-order valence-corrected chi connectivity index (χ4v) is 2.46. The molecule has 0 aliphatic heterocycles. The number of rotatable bonds is 4. The monoisotopic (exact) mass is 250 g/mol. The highest BCUT2D eigenvalue weighted by atomic mass is 32.2. The Labute approximate surface area is 103 Å². The van der Waals surface area contributed by atoms with E-state index < -0.39 is 6.10 Å². The molecular formula is C12H14N2O2S. The highest BCUT2D eigenvalue weighted by molar-refractivity contribution is 7.99. The first-order valence-electron chi connectivity index (χ1n) is 5.27. The maximum absolute atomic E-state index is 9.33. The molecule has 1 atom stereocenters.